The fraction of sp³-hybridized carbons (Fsp3) is 0.438. The minimum Gasteiger partial charge on any atom is -0.443 e. The molecule has 234 valence electrons. The molecule has 1 fully saturated rings. The van der Waals surface area contributed by atoms with Crippen molar-refractivity contribution in [2.24, 2.45) is 0 Å². The van der Waals surface area contributed by atoms with E-state index in [0.717, 1.165) is 46.7 Å². The molecule has 1 atom stereocenters. The first-order valence-electron chi connectivity index (χ1n) is 14.7. The molecule has 44 heavy (non-hydrogen) atoms. The Kier molecular flexibility index (Phi) is 8.90. The molecular weight excluding hydrogens is 584 g/mol. The van der Waals surface area contributed by atoms with Gasteiger partial charge in [0.05, 0.1) is 22.4 Å². The second-order valence-electron chi connectivity index (χ2n) is 12.7. The van der Waals surface area contributed by atoms with Crippen molar-refractivity contribution in [1.29, 1.82) is 0 Å². The Hall–Kier alpha value is -4.09. The first-order valence-corrected chi connectivity index (χ1v) is 15.1. The number of aromatic nitrogens is 4. The second-order valence-corrected chi connectivity index (χ2v) is 13.2. The summed E-state index contributed by atoms with van der Waals surface area (Å²) in [5.41, 5.74) is 5.05. The van der Waals surface area contributed by atoms with E-state index in [-0.39, 0.29) is 12.0 Å². The number of fused-ring (bicyclic) bond motifs is 1. The molecule has 0 spiro atoms. The first kappa shape index (κ1) is 31.3. The van der Waals surface area contributed by atoms with Crippen LogP contribution in [0.15, 0.2) is 54.7 Å². The van der Waals surface area contributed by atoms with Crippen molar-refractivity contribution in [2.75, 3.05) is 11.6 Å². The molecule has 1 aromatic carbocycles. The number of benzene rings is 1. The minimum absolute atomic E-state index is 0.160. The Bertz CT molecular complexity index is 1640. The molecule has 5 rings (SSSR count). The Morgan fingerprint density at radius 3 is 2.48 bits per heavy atom. The van der Waals surface area contributed by atoms with Crippen LogP contribution < -0.4 is 10.4 Å². The highest BCUT2D eigenvalue weighted by molar-refractivity contribution is 6.30. The third kappa shape index (κ3) is 7.51. The van der Waals surface area contributed by atoms with Crippen LogP contribution in [0.2, 0.25) is 5.02 Å². The number of halogens is 1. The summed E-state index contributed by atoms with van der Waals surface area (Å²) in [5.74, 6) is 0.160. The van der Waals surface area contributed by atoms with Gasteiger partial charge in [-0.3, -0.25) is 0 Å². The zero-order valence-electron chi connectivity index (χ0n) is 26.0. The van der Waals surface area contributed by atoms with Gasteiger partial charge in [-0.05, 0) is 103 Å². The molecule has 4 aromatic rings. The summed E-state index contributed by atoms with van der Waals surface area (Å²) < 4.78 is 21.1. The monoisotopic (exact) mass is 622 g/mol. The van der Waals surface area contributed by atoms with E-state index in [1.807, 2.05) is 47.1 Å². The molecule has 1 N–H and O–H groups in total. The summed E-state index contributed by atoms with van der Waals surface area (Å²) in [5, 5.41) is 6.23. The quantitative estimate of drug-likeness (QED) is 0.230. The molecule has 2 amide bonds. The normalized spacial score (nSPS) is 15.7. The summed E-state index contributed by atoms with van der Waals surface area (Å²) in [6.45, 7) is 11.6. The molecule has 1 unspecified atom stereocenters. The maximum Gasteiger partial charge on any atom is 0.435 e. The fourth-order valence-corrected chi connectivity index (χ4v) is 5.23. The number of anilines is 1. The average molecular weight is 623 g/mol. The van der Waals surface area contributed by atoms with Crippen molar-refractivity contribution >= 4 is 40.6 Å². The van der Waals surface area contributed by atoms with Crippen LogP contribution in [-0.4, -0.2) is 49.3 Å². The van der Waals surface area contributed by atoms with Crippen molar-refractivity contribution in [2.45, 2.75) is 84.8 Å². The van der Waals surface area contributed by atoms with Gasteiger partial charge in [0.25, 0.3) is 0 Å². The van der Waals surface area contributed by atoms with Crippen molar-refractivity contribution in [3.8, 4) is 11.4 Å². The van der Waals surface area contributed by atoms with Crippen LogP contribution in [-0.2, 0) is 20.8 Å². The van der Waals surface area contributed by atoms with E-state index >= 15 is 0 Å². The van der Waals surface area contributed by atoms with Gasteiger partial charge in [-0.15, -0.1) is 0 Å². The Morgan fingerprint density at radius 1 is 1.02 bits per heavy atom. The number of amides is 2. The van der Waals surface area contributed by atoms with Crippen LogP contribution in [0.1, 0.15) is 72.6 Å². The summed E-state index contributed by atoms with van der Waals surface area (Å²) >= 11 is 6.34. The predicted molar refractivity (Wildman–Crippen MR) is 168 cm³/mol. The van der Waals surface area contributed by atoms with Gasteiger partial charge in [-0.2, -0.15) is 10.1 Å². The lowest BCUT2D eigenvalue weighted by Gasteiger charge is -2.28. The molecule has 4 heterocycles. The molecule has 0 aliphatic carbocycles. The maximum absolute atomic E-state index is 13.3. The highest BCUT2D eigenvalue weighted by atomic mass is 35.5. The maximum atomic E-state index is 13.3. The van der Waals surface area contributed by atoms with E-state index < -0.39 is 23.4 Å². The molecule has 1 aliphatic heterocycles. The van der Waals surface area contributed by atoms with Crippen molar-refractivity contribution in [1.82, 2.24) is 24.8 Å². The predicted octanol–water partition coefficient (Wildman–Crippen LogP) is 7.48. The standard InChI is InChI=1S/C32H39ClN6O5/c1-31(2,3)43-29(40)36-39(30(41)44-32(4,5)6)27-14-13-24-23(35-27)19-26(37(24)20-21-10-9-11-22(33)18-21)25-15-16-34-38(25)28-12-7-8-17-42-28/h9-11,13-16,18-19,28H,7-8,12,17,20H2,1-6H3,(H,36,40). The Labute approximate surface area is 262 Å². The van der Waals surface area contributed by atoms with E-state index in [0.29, 0.717) is 23.7 Å². The highest BCUT2D eigenvalue weighted by Crippen LogP contribution is 2.33. The number of hydrazine groups is 1. The van der Waals surface area contributed by atoms with Crippen LogP contribution in [0, 0.1) is 0 Å². The van der Waals surface area contributed by atoms with Gasteiger partial charge < -0.3 is 18.8 Å². The molecule has 3 aromatic heterocycles. The van der Waals surface area contributed by atoms with Gasteiger partial charge >= 0.3 is 12.2 Å². The number of hydrogen-bond acceptors (Lipinski definition) is 7. The first-order chi connectivity index (χ1) is 20.8. The molecular formula is C32H39ClN6O5. The van der Waals surface area contributed by atoms with E-state index in [9.17, 15) is 9.59 Å². The van der Waals surface area contributed by atoms with Gasteiger partial charge in [0.15, 0.2) is 12.0 Å². The molecule has 0 bridgehead atoms. The topological polar surface area (TPSA) is 113 Å². The van der Waals surface area contributed by atoms with Crippen LogP contribution in [0.25, 0.3) is 22.4 Å². The van der Waals surface area contributed by atoms with Crippen LogP contribution in [0.4, 0.5) is 15.4 Å². The molecule has 11 nitrogen and oxygen atoms in total. The molecule has 0 radical (unpaired) electrons. The van der Waals surface area contributed by atoms with Crippen molar-refractivity contribution in [3.63, 3.8) is 0 Å². The molecule has 12 heteroatoms. The molecule has 1 aliphatic rings. The van der Waals surface area contributed by atoms with E-state index in [1.54, 1.807) is 53.8 Å². The zero-order chi connectivity index (χ0) is 31.6. The summed E-state index contributed by atoms with van der Waals surface area (Å²) in [4.78, 5) is 30.9. The van der Waals surface area contributed by atoms with Gasteiger partial charge in [0.1, 0.15) is 11.2 Å². The lowest BCUT2D eigenvalue weighted by atomic mass is 10.2. The van der Waals surface area contributed by atoms with Crippen LogP contribution in [0.5, 0.6) is 0 Å². The molecule has 0 saturated carbocycles. The number of carbonyl (C=O) groups excluding carboxylic acids is 2. The number of pyridine rings is 1. The van der Waals surface area contributed by atoms with Gasteiger partial charge in [0, 0.05) is 24.4 Å². The Balaban J connectivity index is 1.60. The summed E-state index contributed by atoms with van der Waals surface area (Å²) in [7, 11) is 0. The van der Waals surface area contributed by atoms with E-state index in [1.165, 1.54) is 0 Å². The van der Waals surface area contributed by atoms with Crippen LogP contribution >= 0.6 is 11.6 Å². The molecule has 1 saturated heterocycles. The number of carbonyl (C=O) groups is 2. The second kappa shape index (κ2) is 12.5. The highest BCUT2D eigenvalue weighted by Gasteiger charge is 2.29. The van der Waals surface area contributed by atoms with Crippen molar-refractivity contribution in [3.05, 3.63) is 65.3 Å². The van der Waals surface area contributed by atoms with E-state index in [2.05, 4.69) is 15.1 Å². The number of nitrogens with one attached hydrogen (secondary N) is 1. The summed E-state index contributed by atoms with van der Waals surface area (Å²) in [6.07, 6.45) is 2.93. The lowest BCUT2D eigenvalue weighted by molar-refractivity contribution is -0.0384. The minimum atomic E-state index is -0.819. The summed E-state index contributed by atoms with van der Waals surface area (Å²) in [6, 6.07) is 15.1. The van der Waals surface area contributed by atoms with Gasteiger partial charge in [-0.25, -0.2) is 24.7 Å². The third-order valence-corrected chi connectivity index (χ3v) is 6.98. The number of nitrogens with zero attached hydrogens (tertiary/aromatic N) is 5. The number of rotatable bonds is 5. The smallest absolute Gasteiger partial charge is 0.435 e. The lowest BCUT2D eigenvalue weighted by Crippen LogP contribution is -2.50. The fourth-order valence-electron chi connectivity index (χ4n) is 5.01. The van der Waals surface area contributed by atoms with E-state index in [4.69, 9.17) is 30.8 Å². The van der Waals surface area contributed by atoms with Crippen LogP contribution in [0.3, 0.4) is 0 Å². The van der Waals surface area contributed by atoms with Crippen molar-refractivity contribution < 1.29 is 23.8 Å². The van der Waals surface area contributed by atoms with Gasteiger partial charge in [-0.1, -0.05) is 23.7 Å². The third-order valence-electron chi connectivity index (χ3n) is 6.74. The SMILES string of the molecule is CC(C)(C)OC(=O)NN(C(=O)OC(C)(C)C)c1ccc2c(cc(-c3ccnn3C3CCCCO3)n2Cc2cccc(Cl)c2)n1. The zero-order valence-corrected chi connectivity index (χ0v) is 26.7. The largest absolute Gasteiger partial charge is 0.443 e. The van der Waals surface area contributed by atoms with Gasteiger partial charge in [0.2, 0.25) is 0 Å². The Morgan fingerprint density at radius 2 is 1.80 bits per heavy atom. The number of hydrogen-bond donors (Lipinski definition) is 1. The average Bonchev–Trinajstić information content (AvgIpc) is 3.55. The number of ether oxygens (including phenoxy) is 3.